The summed E-state index contributed by atoms with van der Waals surface area (Å²) in [6.07, 6.45) is 0. The summed E-state index contributed by atoms with van der Waals surface area (Å²) in [7, 11) is 0. The smallest absolute Gasteiger partial charge is 0.235 e. The molecule has 10 aromatic carbocycles. The fraction of sp³-hybridized carbons (Fsp3) is 0. The third-order valence-corrected chi connectivity index (χ3v) is 14.1. The van der Waals surface area contributed by atoms with Gasteiger partial charge in [0.2, 0.25) is 5.95 Å². The van der Waals surface area contributed by atoms with E-state index in [4.69, 9.17) is 9.97 Å². The van der Waals surface area contributed by atoms with E-state index in [2.05, 4.69) is 203 Å². The van der Waals surface area contributed by atoms with Crippen LogP contribution in [-0.4, -0.2) is 19.1 Å². The van der Waals surface area contributed by atoms with E-state index in [0.717, 1.165) is 49.1 Å². The van der Waals surface area contributed by atoms with Crippen molar-refractivity contribution in [3.63, 3.8) is 0 Å². The van der Waals surface area contributed by atoms with Crippen molar-refractivity contribution in [2.45, 2.75) is 0 Å². The Morgan fingerprint density at radius 2 is 0.934 bits per heavy atom. The molecule has 0 radical (unpaired) electrons. The monoisotopic (exact) mass is 792 g/mol. The average Bonchev–Trinajstić information content (AvgIpc) is 3.99. The summed E-state index contributed by atoms with van der Waals surface area (Å²) >= 11 is 1.78. The summed E-state index contributed by atoms with van der Waals surface area (Å²) in [6.45, 7) is 0. The molecule has 0 atom stereocenters. The standard InChI is InChI=1S/C56H32N4S/c1-2-16-34(17-3-1)59-44-26-12-10-23-41(44)49-43(25-14-27-45(49)59)54-55-53(42-24-11-13-28-48(42)61-55)57-56(58-54)60-46-31-29-33-15-4-5-18-35(33)51(46)52-47(60)32-30-40-38-21-7-6-19-36(38)37-20-8-9-22-39(37)50(40)52/h1-32H. The van der Waals surface area contributed by atoms with Crippen molar-refractivity contribution >= 4 is 118 Å². The Hall–Kier alpha value is -7.86. The van der Waals surface area contributed by atoms with Crippen LogP contribution in [-0.2, 0) is 0 Å². The Bertz CT molecular complexity index is 4140. The van der Waals surface area contributed by atoms with Gasteiger partial charge in [-0.2, -0.15) is 0 Å². The molecule has 14 rings (SSSR count). The molecule has 0 fully saturated rings. The van der Waals surface area contributed by atoms with Gasteiger partial charge < -0.3 is 4.57 Å². The number of thiophene rings is 1. The van der Waals surface area contributed by atoms with Crippen molar-refractivity contribution in [1.29, 1.82) is 0 Å². The van der Waals surface area contributed by atoms with E-state index in [9.17, 15) is 0 Å². The number of fused-ring (bicyclic) bond motifs is 18. The lowest BCUT2D eigenvalue weighted by atomic mass is 9.91. The quantitative estimate of drug-likeness (QED) is 0.167. The Balaban J connectivity index is 1.17. The molecule has 4 heterocycles. The minimum Gasteiger partial charge on any atom is -0.309 e. The largest absolute Gasteiger partial charge is 0.309 e. The molecule has 4 aromatic heterocycles. The highest BCUT2D eigenvalue weighted by molar-refractivity contribution is 7.26. The van der Waals surface area contributed by atoms with Crippen molar-refractivity contribution in [3.05, 3.63) is 194 Å². The highest BCUT2D eigenvalue weighted by Gasteiger charge is 2.25. The van der Waals surface area contributed by atoms with E-state index in [1.807, 2.05) is 0 Å². The molecule has 14 aromatic rings. The predicted octanol–water partition coefficient (Wildman–Crippen LogP) is 15.3. The number of benzene rings is 10. The first-order valence-corrected chi connectivity index (χ1v) is 21.6. The number of aromatic nitrogens is 4. The summed E-state index contributed by atoms with van der Waals surface area (Å²) in [5.74, 6) is 0.662. The summed E-state index contributed by atoms with van der Waals surface area (Å²) in [4.78, 5) is 11.4. The van der Waals surface area contributed by atoms with Gasteiger partial charge in [-0.25, -0.2) is 9.97 Å². The lowest BCUT2D eigenvalue weighted by Crippen LogP contribution is -2.03. The molecule has 0 aliphatic heterocycles. The zero-order valence-corrected chi connectivity index (χ0v) is 33.5. The molecule has 0 bridgehead atoms. The third kappa shape index (κ3) is 4.48. The first-order valence-electron chi connectivity index (χ1n) is 20.8. The van der Waals surface area contributed by atoms with E-state index in [-0.39, 0.29) is 0 Å². The fourth-order valence-electron chi connectivity index (χ4n) is 10.4. The van der Waals surface area contributed by atoms with Crippen molar-refractivity contribution in [2.75, 3.05) is 0 Å². The van der Waals surface area contributed by atoms with Crippen LogP contribution in [0.3, 0.4) is 0 Å². The molecule has 0 aliphatic carbocycles. The molecule has 0 amide bonds. The van der Waals surface area contributed by atoms with Gasteiger partial charge in [0.15, 0.2) is 0 Å². The summed E-state index contributed by atoms with van der Waals surface area (Å²) in [6, 6.07) is 70.5. The van der Waals surface area contributed by atoms with Crippen LogP contribution in [0.4, 0.5) is 0 Å². The van der Waals surface area contributed by atoms with Crippen LogP contribution in [0.25, 0.3) is 130 Å². The van der Waals surface area contributed by atoms with Crippen LogP contribution in [0, 0.1) is 0 Å². The van der Waals surface area contributed by atoms with Crippen molar-refractivity contribution in [3.8, 4) is 22.9 Å². The van der Waals surface area contributed by atoms with Gasteiger partial charge >= 0.3 is 0 Å². The van der Waals surface area contributed by atoms with E-state index in [1.54, 1.807) is 11.3 Å². The molecule has 282 valence electrons. The van der Waals surface area contributed by atoms with Gasteiger partial charge in [0.1, 0.15) is 0 Å². The molecule has 0 saturated carbocycles. The topological polar surface area (TPSA) is 35.6 Å². The van der Waals surface area contributed by atoms with Crippen LogP contribution in [0.1, 0.15) is 0 Å². The molecule has 0 saturated heterocycles. The second-order valence-electron chi connectivity index (χ2n) is 16.0. The van der Waals surface area contributed by atoms with Gasteiger partial charge in [-0.05, 0) is 80.2 Å². The van der Waals surface area contributed by atoms with E-state index < -0.39 is 0 Å². The Labute approximate surface area is 352 Å². The van der Waals surface area contributed by atoms with Crippen molar-refractivity contribution < 1.29 is 0 Å². The van der Waals surface area contributed by atoms with Crippen LogP contribution >= 0.6 is 11.3 Å². The number of hydrogen-bond donors (Lipinski definition) is 0. The molecular weight excluding hydrogens is 761 g/mol. The lowest BCUT2D eigenvalue weighted by Gasteiger charge is -2.13. The van der Waals surface area contributed by atoms with Crippen LogP contribution in [0.15, 0.2) is 194 Å². The summed E-state index contributed by atoms with van der Waals surface area (Å²) < 4.78 is 7.00. The number of para-hydroxylation sites is 2. The zero-order chi connectivity index (χ0) is 39.8. The van der Waals surface area contributed by atoms with Crippen molar-refractivity contribution in [2.24, 2.45) is 0 Å². The molecule has 5 heteroatoms. The second kappa shape index (κ2) is 12.3. The average molecular weight is 793 g/mol. The van der Waals surface area contributed by atoms with Crippen LogP contribution < -0.4 is 0 Å². The van der Waals surface area contributed by atoms with Gasteiger partial charge in [-0.15, -0.1) is 11.3 Å². The fourth-order valence-corrected chi connectivity index (χ4v) is 11.6. The maximum Gasteiger partial charge on any atom is 0.235 e. The predicted molar refractivity (Wildman–Crippen MR) is 259 cm³/mol. The van der Waals surface area contributed by atoms with Crippen molar-refractivity contribution in [1.82, 2.24) is 19.1 Å². The van der Waals surface area contributed by atoms with Gasteiger partial charge in [-0.1, -0.05) is 152 Å². The van der Waals surface area contributed by atoms with E-state index in [0.29, 0.717) is 5.95 Å². The van der Waals surface area contributed by atoms with Gasteiger partial charge in [-0.3, -0.25) is 4.57 Å². The Morgan fingerprint density at radius 3 is 1.75 bits per heavy atom. The van der Waals surface area contributed by atoms with Gasteiger partial charge in [0.05, 0.1) is 38.0 Å². The van der Waals surface area contributed by atoms with E-state index in [1.165, 1.54) is 74.9 Å². The highest BCUT2D eigenvalue weighted by atomic mass is 32.1. The SMILES string of the molecule is c1ccc(-n2c3ccccc3c3c(-c4nc(-n5c6ccc7ccccc7c6c6c7c8ccccc8c8ccccc8c7ccc65)nc5c4sc4ccccc45)cccc32)cc1. The van der Waals surface area contributed by atoms with Crippen LogP contribution in [0.2, 0.25) is 0 Å². The molecule has 0 spiro atoms. The highest BCUT2D eigenvalue weighted by Crippen LogP contribution is 2.47. The first kappa shape index (κ1) is 33.0. The molecule has 0 unspecified atom stereocenters. The minimum atomic E-state index is 0.662. The maximum absolute atomic E-state index is 5.77. The Kier molecular flexibility index (Phi) is 6.68. The second-order valence-corrected chi connectivity index (χ2v) is 17.1. The molecule has 4 nitrogen and oxygen atoms in total. The van der Waals surface area contributed by atoms with Gasteiger partial charge in [0, 0.05) is 48.3 Å². The summed E-state index contributed by atoms with van der Waals surface area (Å²) in [5, 5.41) is 15.9. The van der Waals surface area contributed by atoms with E-state index >= 15 is 0 Å². The van der Waals surface area contributed by atoms with Crippen LogP contribution in [0.5, 0.6) is 0 Å². The molecule has 0 aliphatic rings. The minimum absolute atomic E-state index is 0.662. The third-order valence-electron chi connectivity index (χ3n) is 12.9. The maximum atomic E-state index is 5.77. The number of rotatable bonds is 3. The molecule has 0 N–H and O–H groups in total. The lowest BCUT2D eigenvalue weighted by molar-refractivity contribution is 1.02. The molecule has 61 heavy (non-hydrogen) atoms. The van der Waals surface area contributed by atoms with Gasteiger partial charge in [0.25, 0.3) is 0 Å². The molecular formula is C56H32N4S. The normalized spacial score (nSPS) is 12.3. The summed E-state index contributed by atoms with van der Waals surface area (Å²) in [5.41, 5.74) is 8.62. The zero-order valence-electron chi connectivity index (χ0n) is 32.7. The first-order chi connectivity index (χ1) is 30.3. The number of nitrogens with zero attached hydrogens (tertiary/aromatic N) is 4. The Morgan fingerprint density at radius 1 is 0.344 bits per heavy atom. The number of hydrogen-bond acceptors (Lipinski definition) is 3.